The van der Waals surface area contributed by atoms with Crippen LogP contribution in [0.25, 0.3) is 0 Å². The lowest BCUT2D eigenvalue weighted by atomic mass is 10.0. The summed E-state index contributed by atoms with van der Waals surface area (Å²) in [7, 11) is 0. The summed E-state index contributed by atoms with van der Waals surface area (Å²) < 4.78 is 32.8. The maximum atomic E-state index is 13.9. The molecule has 0 saturated carbocycles. The Hall–Kier alpha value is -1.69. The molecule has 1 aromatic rings. The molecule has 1 aromatic carbocycles. The molecule has 21 heavy (non-hydrogen) atoms. The lowest BCUT2D eigenvalue weighted by Crippen LogP contribution is -2.27. The molecule has 0 fully saturated rings. The van der Waals surface area contributed by atoms with Crippen LogP contribution < -0.4 is 11.1 Å². The van der Waals surface area contributed by atoms with E-state index in [4.69, 9.17) is 10.5 Å². The zero-order chi connectivity index (χ0) is 16.3. The van der Waals surface area contributed by atoms with E-state index in [2.05, 4.69) is 5.32 Å². The van der Waals surface area contributed by atoms with Gasteiger partial charge in [0, 0.05) is 17.7 Å². The summed E-state index contributed by atoms with van der Waals surface area (Å²) >= 11 is 0. The highest BCUT2D eigenvalue weighted by atomic mass is 19.3. The van der Waals surface area contributed by atoms with Crippen LogP contribution in [0.15, 0.2) is 18.2 Å². The molecule has 0 spiro atoms. The van der Waals surface area contributed by atoms with Crippen molar-refractivity contribution in [3.05, 3.63) is 29.3 Å². The number of nitrogens with two attached hydrogens (primary N) is 1. The quantitative estimate of drug-likeness (QED) is 0.889. The lowest BCUT2D eigenvalue weighted by molar-refractivity contribution is -0.0107. The Bertz CT molecular complexity index is 511. The predicted molar refractivity (Wildman–Crippen MR) is 78.6 cm³/mol. The van der Waals surface area contributed by atoms with Crippen LogP contribution in [-0.2, 0) is 10.7 Å². The number of anilines is 1. The van der Waals surface area contributed by atoms with E-state index in [0.717, 1.165) is 0 Å². The van der Waals surface area contributed by atoms with Crippen LogP contribution in [0.1, 0.15) is 38.3 Å². The van der Waals surface area contributed by atoms with Crippen LogP contribution in [0.3, 0.4) is 0 Å². The van der Waals surface area contributed by atoms with Crippen molar-refractivity contribution in [2.75, 3.05) is 11.9 Å². The van der Waals surface area contributed by atoms with Gasteiger partial charge in [-0.3, -0.25) is 5.32 Å². The topological polar surface area (TPSA) is 64.3 Å². The summed E-state index contributed by atoms with van der Waals surface area (Å²) in [5.41, 5.74) is 5.35. The molecular weight excluding hydrogens is 278 g/mol. The number of amides is 1. The Morgan fingerprint density at radius 2 is 1.95 bits per heavy atom. The van der Waals surface area contributed by atoms with Gasteiger partial charge in [-0.1, -0.05) is 12.1 Å². The number of alkyl halides is 2. The molecule has 0 heterocycles. The third-order valence-corrected chi connectivity index (χ3v) is 2.75. The SMILES string of the molecule is Cc1ccc(C(F)(F)CCN)cc1NC(=O)OC(C)(C)C. The first-order chi connectivity index (χ1) is 9.55. The van der Waals surface area contributed by atoms with Crippen LogP contribution in [0.5, 0.6) is 0 Å². The third-order valence-electron chi connectivity index (χ3n) is 2.75. The summed E-state index contributed by atoms with van der Waals surface area (Å²) in [6.45, 7) is 6.79. The molecule has 0 aliphatic heterocycles. The van der Waals surface area contributed by atoms with Gasteiger partial charge >= 0.3 is 6.09 Å². The number of nitrogens with one attached hydrogen (secondary N) is 1. The average Bonchev–Trinajstić information content (AvgIpc) is 2.29. The number of aryl methyl sites for hydroxylation is 1. The summed E-state index contributed by atoms with van der Waals surface area (Å²) in [5, 5.41) is 2.50. The van der Waals surface area contributed by atoms with E-state index >= 15 is 0 Å². The van der Waals surface area contributed by atoms with Gasteiger partial charge in [0.05, 0.1) is 0 Å². The van der Waals surface area contributed by atoms with Crippen molar-refractivity contribution in [2.45, 2.75) is 45.6 Å². The Labute approximate surface area is 123 Å². The van der Waals surface area contributed by atoms with E-state index < -0.39 is 24.0 Å². The lowest BCUT2D eigenvalue weighted by Gasteiger charge is -2.21. The van der Waals surface area contributed by atoms with Crippen LogP contribution in [0.2, 0.25) is 0 Å². The van der Waals surface area contributed by atoms with Gasteiger partial charge in [0.1, 0.15) is 5.60 Å². The molecule has 1 rings (SSSR count). The van der Waals surface area contributed by atoms with Gasteiger partial charge in [-0.15, -0.1) is 0 Å². The van der Waals surface area contributed by atoms with Gasteiger partial charge in [-0.2, -0.15) is 0 Å². The molecule has 4 nitrogen and oxygen atoms in total. The van der Waals surface area contributed by atoms with Crippen molar-refractivity contribution in [1.29, 1.82) is 0 Å². The minimum absolute atomic E-state index is 0.115. The summed E-state index contributed by atoms with van der Waals surface area (Å²) in [5.74, 6) is -3.02. The minimum atomic E-state index is -3.02. The molecule has 0 bridgehead atoms. The van der Waals surface area contributed by atoms with E-state index in [-0.39, 0.29) is 12.1 Å². The van der Waals surface area contributed by atoms with Gasteiger partial charge in [-0.25, -0.2) is 13.6 Å². The van der Waals surface area contributed by atoms with Gasteiger partial charge in [-0.05, 0) is 45.9 Å². The van der Waals surface area contributed by atoms with E-state index in [1.165, 1.54) is 18.2 Å². The fourth-order valence-corrected chi connectivity index (χ4v) is 1.72. The fourth-order valence-electron chi connectivity index (χ4n) is 1.72. The highest BCUT2D eigenvalue weighted by molar-refractivity contribution is 5.86. The second-order valence-electron chi connectivity index (χ2n) is 5.90. The molecule has 0 atom stereocenters. The van der Waals surface area contributed by atoms with E-state index in [9.17, 15) is 13.6 Å². The highest BCUT2D eigenvalue weighted by Gasteiger charge is 2.31. The maximum absolute atomic E-state index is 13.9. The number of carbonyl (C=O) groups is 1. The van der Waals surface area contributed by atoms with Crippen molar-refractivity contribution >= 4 is 11.8 Å². The van der Waals surface area contributed by atoms with Crippen LogP contribution in [-0.4, -0.2) is 18.2 Å². The van der Waals surface area contributed by atoms with Crippen molar-refractivity contribution in [2.24, 2.45) is 5.73 Å². The van der Waals surface area contributed by atoms with Crippen LogP contribution >= 0.6 is 0 Å². The number of halogens is 2. The Morgan fingerprint density at radius 3 is 2.48 bits per heavy atom. The largest absolute Gasteiger partial charge is 0.444 e. The molecule has 0 aliphatic rings. The number of ether oxygens (including phenoxy) is 1. The fraction of sp³-hybridized carbons (Fsp3) is 0.533. The summed E-state index contributed by atoms with van der Waals surface area (Å²) in [6, 6.07) is 4.13. The normalized spacial score (nSPS) is 12.1. The molecular formula is C15H22F2N2O2. The second kappa shape index (κ2) is 6.39. The van der Waals surface area contributed by atoms with E-state index in [1.807, 2.05) is 0 Å². The van der Waals surface area contributed by atoms with Gasteiger partial charge in [0.15, 0.2) is 0 Å². The number of hydrogen-bond acceptors (Lipinski definition) is 3. The van der Waals surface area contributed by atoms with Crippen LogP contribution in [0, 0.1) is 6.92 Å². The number of rotatable bonds is 4. The first-order valence-corrected chi connectivity index (χ1v) is 6.74. The molecule has 0 aromatic heterocycles. The molecule has 0 aliphatic carbocycles. The van der Waals surface area contributed by atoms with Crippen molar-refractivity contribution < 1.29 is 18.3 Å². The van der Waals surface area contributed by atoms with E-state index in [1.54, 1.807) is 27.7 Å². The Kier molecular flexibility index (Phi) is 5.28. The predicted octanol–water partition coefficient (Wildman–Crippen LogP) is 3.78. The molecule has 6 heteroatoms. The van der Waals surface area contributed by atoms with Gasteiger partial charge in [0.25, 0.3) is 5.92 Å². The van der Waals surface area contributed by atoms with Gasteiger partial charge in [0.2, 0.25) is 0 Å². The third kappa shape index (κ3) is 5.30. The second-order valence-corrected chi connectivity index (χ2v) is 5.90. The van der Waals surface area contributed by atoms with Crippen molar-refractivity contribution in [3.63, 3.8) is 0 Å². The number of carbonyl (C=O) groups excluding carboxylic acids is 1. The molecule has 0 radical (unpaired) electrons. The minimum Gasteiger partial charge on any atom is -0.444 e. The first kappa shape index (κ1) is 17.4. The zero-order valence-corrected chi connectivity index (χ0v) is 12.8. The van der Waals surface area contributed by atoms with Crippen molar-refractivity contribution in [1.82, 2.24) is 0 Å². The number of benzene rings is 1. The van der Waals surface area contributed by atoms with Crippen LogP contribution in [0.4, 0.5) is 19.3 Å². The highest BCUT2D eigenvalue weighted by Crippen LogP contribution is 2.33. The maximum Gasteiger partial charge on any atom is 0.412 e. The first-order valence-electron chi connectivity index (χ1n) is 6.74. The number of hydrogen-bond donors (Lipinski definition) is 2. The zero-order valence-electron chi connectivity index (χ0n) is 12.8. The molecule has 1 amide bonds. The van der Waals surface area contributed by atoms with Crippen molar-refractivity contribution in [3.8, 4) is 0 Å². The van der Waals surface area contributed by atoms with Gasteiger partial charge < -0.3 is 10.5 Å². The van der Waals surface area contributed by atoms with E-state index in [0.29, 0.717) is 11.3 Å². The molecule has 0 unspecified atom stereocenters. The molecule has 3 N–H and O–H groups in total. The standard InChI is InChI=1S/C15H22F2N2O2/c1-10-5-6-11(15(16,17)7-8-18)9-12(10)19-13(20)21-14(2,3)4/h5-6,9H,7-8,18H2,1-4H3,(H,19,20). The molecule has 0 saturated heterocycles. The monoisotopic (exact) mass is 300 g/mol. The summed E-state index contributed by atoms with van der Waals surface area (Å²) in [6.07, 6.45) is -1.12. The smallest absolute Gasteiger partial charge is 0.412 e. The average molecular weight is 300 g/mol. The Morgan fingerprint density at radius 1 is 1.33 bits per heavy atom. The molecule has 118 valence electrons. The summed E-state index contributed by atoms with van der Waals surface area (Å²) in [4.78, 5) is 11.7. The Balaban J connectivity index is 2.95.